The molecule has 0 aliphatic heterocycles. The predicted octanol–water partition coefficient (Wildman–Crippen LogP) is 4.32. The minimum absolute atomic E-state index is 0.408. The summed E-state index contributed by atoms with van der Waals surface area (Å²) in [4.78, 5) is 1.46. The lowest BCUT2D eigenvalue weighted by molar-refractivity contribution is 0.477. The average Bonchev–Trinajstić information content (AvgIpc) is 3.01. The fourth-order valence-electron chi connectivity index (χ4n) is 2.18. The monoisotopic (exact) mass is 263 g/mol. The van der Waals surface area contributed by atoms with Gasteiger partial charge in [0, 0.05) is 16.5 Å². The summed E-state index contributed by atoms with van der Waals surface area (Å²) in [5.41, 5.74) is 1.31. The molecular weight excluding hydrogens is 242 g/mol. The normalized spacial score (nSPS) is 12.8. The van der Waals surface area contributed by atoms with Gasteiger partial charge in [-0.2, -0.15) is 0 Å². The van der Waals surface area contributed by atoms with Crippen LogP contribution < -0.4 is 5.32 Å². The number of nitrogens with one attached hydrogen (secondary N) is 1. The number of furan rings is 1. The first-order chi connectivity index (χ1) is 8.81. The maximum Gasteiger partial charge on any atom is 0.105 e. The molecule has 98 valence electrons. The molecule has 2 rings (SSSR count). The van der Waals surface area contributed by atoms with E-state index in [0.717, 1.165) is 31.6 Å². The van der Waals surface area contributed by atoms with E-state index in [4.69, 9.17) is 4.42 Å². The highest BCUT2D eigenvalue weighted by molar-refractivity contribution is 7.09. The quantitative estimate of drug-likeness (QED) is 0.804. The van der Waals surface area contributed by atoms with Gasteiger partial charge in [0.15, 0.2) is 0 Å². The Labute approximate surface area is 113 Å². The predicted molar refractivity (Wildman–Crippen MR) is 77.1 cm³/mol. The molecule has 2 heterocycles. The number of aryl methyl sites for hydroxylation is 2. The molecule has 0 aromatic carbocycles. The second-order valence-electron chi connectivity index (χ2n) is 4.56. The van der Waals surface area contributed by atoms with Crippen molar-refractivity contribution in [1.82, 2.24) is 5.32 Å². The highest BCUT2D eigenvalue weighted by Crippen LogP contribution is 2.24. The maximum atomic E-state index is 5.43. The zero-order valence-electron chi connectivity index (χ0n) is 11.1. The molecule has 3 heteroatoms. The maximum absolute atomic E-state index is 5.43. The summed E-state index contributed by atoms with van der Waals surface area (Å²) in [6.07, 6.45) is 5.20. The first-order valence-electron chi connectivity index (χ1n) is 6.61. The van der Waals surface area contributed by atoms with Gasteiger partial charge in [0.1, 0.15) is 5.76 Å². The molecule has 0 bridgehead atoms. The summed E-state index contributed by atoms with van der Waals surface area (Å²) in [7, 11) is 0. The molecule has 1 unspecified atom stereocenters. The molecular formula is C15H21NOS. The van der Waals surface area contributed by atoms with Crippen LogP contribution in [0.2, 0.25) is 0 Å². The molecule has 0 saturated heterocycles. The molecule has 1 N–H and O–H groups in total. The molecule has 2 aromatic rings. The molecule has 0 amide bonds. The van der Waals surface area contributed by atoms with Crippen molar-refractivity contribution in [2.24, 2.45) is 0 Å². The molecule has 0 aliphatic carbocycles. The average molecular weight is 263 g/mol. The molecule has 1 atom stereocenters. The van der Waals surface area contributed by atoms with Crippen LogP contribution >= 0.6 is 11.3 Å². The lowest BCUT2D eigenvalue weighted by Crippen LogP contribution is -2.22. The van der Waals surface area contributed by atoms with Crippen molar-refractivity contribution in [1.29, 1.82) is 0 Å². The summed E-state index contributed by atoms with van der Waals surface area (Å²) in [5, 5.41) is 5.77. The lowest BCUT2D eigenvalue weighted by Gasteiger charge is -2.17. The fraction of sp³-hybridized carbons (Fsp3) is 0.467. The Hall–Kier alpha value is -1.06. The van der Waals surface area contributed by atoms with Gasteiger partial charge in [-0.1, -0.05) is 13.0 Å². The van der Waals surface area contributed by atoms with E-state index in [-0.39, 0.29) is 0 Å². The Morgan fingerprint density at radius 1 is 1.39 bits per heavy atom. The van der Waals surface area contributed by atoms with Gasteiger partial charge >= 0.3 is 0 Å². The molecule has 18 heavy (non-hydrogen) atoms. The van der Waals surface area contributed by atoms with Gasteiger partial charge in [-0.25, -0.2) is 0 Å². The fourth-order valence-corrected chi connectivity index (χ4v) is 2.91. The lowest BCUT2D eigenvalue weighted by atomic mass is 10.0. The van der Waals surface area contributed by atoms with E-state index in [1.165, 1.54) is 10.4 Å². The number of rotatable bonds is 7. The van der Waals surface area contributed by atoms with Crippen LogP contribution in [0.3, 0.4) is 0 Å². The van der Waals surface area contributed by atoms with Crippen LogP contribution in [-0.2, 0) is 6.42 Å². The minimum atomic E-state index is 0.408. The van der Waals surface area contributed by atoms with E-state index in [0.29, 0.717) is 6.04 Å². The number of hydrogen-bond donors (Lipinski definition) is 1. The molecule has 0 saturated carbocycles. The Morgan fingerprint density at radius 3 is 2.89 bits per heavy atom. The van der Waals surface area contributed by atoms with Crippen LogP contribution in [-0.4, -0.2) is 6.54 Å². The Bertz CT molecular complexity index is 447. The Kier molecular flexibility index (Phi) is 5.02. The van der Waals surface area contributed by atoms with Crippen molar-refractivity contribution in [2.75, 3.05) is 6.54 Å². The smallest absolute Gasteiger partial charge is 0.105 e. The van der Waals surface area contributed by atoms with E-state index in [1.807, 2.05) is 18.3 Å². The largest absolute Gasteiger partial charge is 0.469 e. The van der Waals surface area contributed by atoms with E-state index in [9.17, 15) is 0 Å². The topological polar surface area (TPSA) is 25.2 Å². The second-order valence-corrected chi connectivity index (χ2v) is 5.59. The third-order valence-corrected chi connectivity index (χ3v) is 4.11. The third-order valence-electron chi connectivity index (χ3n) is 3.17. The summed E-state index contributed by atoms with van der Waals surface area (Å²) in [6, 6.07) is 6.84. The van der Waals surface area contributed by atoms with Crippen molar-refractivity contribution in [3.8, 4) is 0 Å². The molecule has 0 radical (unpaired) electrons. The van der Waals surface area contributed by atoms with Crippen LogP contribution in [0.15, 0.2) is 34.3 Å². The molecule has 2 aromatic heterocycles. The Morgan fingerprint density at radius 2 is 2.28 bits per heavy atom. The van der Waals surface area contributed by atoms with Gasteiger partial charge in [0.05, 0.1) is 6.26 Å². The van der Waals surface area contributed by atoms with Crippen LogP contribution in [0.4, 0.5) is 0 Å². The third kappa shape index (κ3) is 3.47. The molecule has 0 aliphatic rings. The summed E-state index contributed by atoms with van der Waals surface area (Å²) >= 11 is 1.84. The standard InChI is InChI=1S/C15H21NOS/c1-3-9-16-15(14-8-10-17-12(14)2)7-6-13-5-4-11-18-13/h4-5,8,10-11,15-16H,3,6-7,9H2,1-2H3. The first kappa shape index (κ1) is 13.4. The van der Waals surface area contributed by atoms with Crippen molar-refractivity contribution in [3.05, 3.63) is 46.0 Å². The second kappa shape index (κ2) is 6.76. The molecule has 2 nitrogen and oxygen atoms in total. The summed E-state index contributed by atoms with van der Waals surface area (Å²) in [6.45, 7) is 5.30. The van der Waals surface area contributed by atoms with E-state index in [1.54, 1.807) is 6.26 Å². The van der Waals surface area contributed by atoms with Crippen LogP contribution in [0.1, 0.15) is 42.0 Å². The van der Waals surface area contributed by atoms with Crippen molar-refractivity contribution in [3.63, 3.8) is 0 Å². The Balaban J connectivity index is 1.99. The van der Waals surface area contributed by atoms with E-state index in [2.05, 4.69) is 35.8 Å². The van der Waals surface area contributed by atoms with E-state index >= 15 is 0 Å². The highest BCUT2D eigenvalue weighted by Gasteiger charge is 2.15. The zero-order chi connectivity index (χ0) is 12.8. The van der Waals surface area contributed by atoms with Gasteiger partial charge in [-0.3, -0.25) is 0 Å². The van der Waals surface area contributed by atoms with Gasteiger partial charge < -0.3 is 9.73 Å². The van der Waals surface area contributed by atoms with Gasteiger partial charge in [-0.15, -0.1) is 11.3 Å². The van der Waals surface area contributed by atoms with E-state index < -0.39 is 0 Å². The van der Waals surface area contributed by atoms with Crippen LogP contribution in [0.25, 0.3) is 0 Å². The van der Waals surface area contributed by atoms with Gasteiger partial charge in [0.2, 0.25) is 0 Å². The zero-order valence-corrected chi connectivity index (χ0v) is 11.9. The van der Waals surface area contributed by atoms with Crippen LogP contribution in [0, 0.1) is 6.92 Å². The summed E-state index contributed by atoms with van der Waals surface area (Å²) < 4.78 is 5.43. The first-order valence-corrected chi connectivity index (χ1v) is 7.49. The van der Waals surface area contributed by atoms with Crippen LogP contribution in [0.5, 0.6) is 0 Å². The molecule has 0 spiro atoms. The van der Waals surface area contributed by atoms with Gasteiger partial charge in [-0.05, 0) is 50.2 Å². The minimum Gasteiger partial charge on any atom is -0.469 e. The number of thiophene rings is 1. The number of hydrogen-bond acceptors (Lipinski definition) is 3. The van der Waals surface area contributed by atoms with Crippen molar-refractivity contribution in [2.45, 2.75) is 39.2 Å². The van der Waals surface area contributed by atoms with Crippen molar-refractivity contribution < 1.29 is 4.42 Å². The van der Waals surface area contributed by atoms with Gasteiger partial charge in [0.25, 0.3) is 0 Å². The highest BCUT2D eigenvalue weighted by atomic mass is 32.1. The SMILES string of the molecule is CCCNC(CCc1cccs1)c1ccoc1C. The molecule has 0 fully saturated rings. The van der Waals surface area contributed by atoms with Crippen molar-refractivity contribution >= 4 is 11.3 Å². The summed E-state index contributed by atoms with van der Waals surface area (Å²) in [5.74, 6) is 1.04.